The quantitative estimate of drug-likeness (QED) is 0.564. The topological polar surface area (TPSA) is 99.3 Å². The summed E-state index contributed by atoms with van der Waals surface area (Å²) in [6, 6.07) is 13.7. The van der Waals surface area contributed by atoms with Crippen LogP contribution in [-0.2, 0) is 4.79 Å². The third kappa shape index (κ3) is 6.42. The summed E-state index contributed by atoms with van der Waals surface area (Å²) in [4.78, 5) is 35.7. The Labute approximate surface area is 164 Å². The van der Waals surface area contributed by atoms with Crippen LogP contribution in [-0.4, -0.2) is 36.9 Å². The molecule has 7 nitrogen and oxygen atoms in total. The van der Waals surface area contributed by atoms with E-state index in [1.54, 1.807) is 48.5 Å². The van der Waals surface area contributed by atoms with Gasteiger partial charge in [0.1, 0.15) is 0 Å². The van der Waals surface area contributed by atoms with Crippen molar-refractivity contribution >= 4 is 29.1 Å². The van der Waals surface area contributed by atoms with Gasteiger partial charge in [0.2, 0.25) is 5.91 Å². The van der Waals surface area contributed by atoms with Crippen molar-refractivity contribution in [1.82, 2.24) is 10.6 Å². The highest BCUT2D eigenvalue weighted by molar-refractivity contribution is 5.97. The van der Waals surface area contributed by atoms with Crippen LogP contribution in [0.1, 0.15) is 41.5 Å². The van der Waals surface area contributed by atoms with Gasteiger partial charge in [0.15, 0.2) is 0 Å². The van der Waals surface area contributed by atoms with Gasteiger partial charge in [0.25, 0.3) is 11.8 Å². The maximum absolute atomic E-state index is 12.1. The van der Waals surface area contributed by atoms with E-state index in [-0.39, 0.29) is 30.3 Å². The molecule has 2 rings (SSSR count). The van der Waals surface area contributed by atoms with E-state index >= 15 is 0 Å². The summed E-state index contributed by atoms with van der Waals surface area (Å²) in [6.07, 6.45) is 0. The molecule has 0 aromatic heterocycles. The molecule has 0 aliphatic carbocycles. The Morgan fingerprint density at radius 2 is 1.36 bits per heavy atom. The molecule has 3 amide bonds. The number of carbonyl (C=O) groups excluding carboxylic acids is 3. The van der Waals surface area contributed by atoms with Crippen molar-refractivity contribution in [1.29, 1.82) is 0 Å². The lowest BCUT2D eigenvalue weighted by Gasteiger charge is -2.10. The first-order valence-corrected chi connectivity index (χ1v) is 9.22. The van der Waals surface area contributed by atoms with E-state index in [1.807, 2.05) is 20.8 Å². The van der Waals surface area contributed by atoms with Crippen molar-refractivity contribution in [3.05, 3.63) is 59.7 Å². The first kappa shape index (κ1) is 21.0. The van der Waals surface area contributed by atoms with Gasteiger partial charge in [-0.1, -0.05) is 0 Å². The maximum atomic E-state index is 12.1. The van der Waals surface area contributed by atoms with E-state index in [1.165, 1.54) is 0 Å². The SMILES string of the molecule is CCNC(=O)c1ccc(NCC(=O)Nc2ccc(C(=O)NC(C)C)cc2)cc1. The number of hydrogen-bond acceptors (Lipinski definition) is 4. The Bertz CT molecular complexity index is 815. The highest BCUT2D eigenvalue weighted by Gasteiger charge is 2.08. The van der Waals surface area contributed by atoms with Crippen molar-refractivity contribution in [3.8, 4) is 0 Å². The Hall–Kier alpha value is -3.35. The van der Waals surface area contributed by atoms with Crippen LogP contribution >= 0.6 is 0 Å². The fourth-order valence-corrected chi connectivity index (χ4v) is 2.44. The molecule has 0 aliphatic rings. The van der Waals surface area contributed by atoms with Gasteiger partial charge in [-0.25, -0.2) is 0 Å². The summed E-state index contributed by atoms with van der Waals surface area (Å²) in [5.41, 5.74) is 2.46. The zero-order valence-corrected chi connectivity index (χ0v) is 16.3. The summed E-state index contributed by atoms with van der Waals surface area (Å²) in [7, 11) is 0. The third-order valence-corrected chi connectivity index (χ3v) is 3.79. The van der Waals surface area contributed by atoms with Crippen LogP contribution in [0.15, 0.2) is 48.5 Å². The van der Waals surface area contributed by atoms with Crippen LogP contribution in [0.25, 0.3) is 0 Å². The molecule has 0 fully saturated rings. The molecule has 7 heteroatoms. The molecule has 4 N–H and O–H groups in total. The molecule has 2 aromatic carbocycles. The molecule has 0 radical (unpaired) electrons. The molecule has 0 aliphatic heterocycles. The molecule has 0 saturated carbocycles. The predicted molar refractivity (Wildman–Crippen MR) is 111 cm³/mol. The second-order valence-corrected chi connectivity index (χ2v) is 6.54. The summed E-state index contributed by atoms with van der Waals surface area (Å²) >= 11 is 0. The minimum atomic E-state index is -0.216. The van der Waals surface area contributed by atoms with E-state index < -0.39 is 0 Å². The zero-order valence-electron chi connectivity index (χ0n) is 16.3. The van der Waals surface area contributed by atoms with Crippen LogP contribution in [0, 0.1) is 0 Å². The fraction of sp³-hybridized carbons (Fsp3) is 0.286. The van der Waals surface area contributed by atoms with Gasteiger partial charge in [0, 0.05) is 35.1 Å². The zero-order chi connectivity index (χ0) is 20.5. The Morgan fingerprint density at radius 1 is 0.821 bits per heavy atom. The van der Waals surface area contributed by atoms with Crippen molar-refractivity contribution in [2.75, 3.05) is 23.7 Å². The van der Waals surface area contributed by atoms with Crippen LogP contribution in [0.5, 0.6) is 0 Å². The number of hydrogen-bond donors (Lipinski definition) is 4. The van der Waals surface area contributed by atoms with Crippen molar-refractivity contribution in [3.63, 3.8) is 0 Å². The van der Waals surface area contributed by atoms with Crippen LogP contribution in [0.2, 0.25) is 0 Å². The summed E-state index contributed by atoms with van der Waals surface area (Å²) in [6.45, 7) is 6.30. The first-order valence-electron chi connectivity index (χ1n) is 9.22. The van der Waals surface area contributed by atoms with Gasteiger partial charge >= 0.3 is 0 Å². The van der Waals surface area contributed by atoms with E-state index in [2.05, 4.69) is 21.3 Å². The summed E-state index contributed by atoms with van der Waals surface area (Å²) in [5.74, 6) is -0.491. The van der Waals surface area contributed by atoms with Crippen molar-refractivity contribution in [2.24, 2.45) is 0 Å². The molecule has 0 spiro atoms. The van der Waals surface area contributed by atoms with Crippen molar-refractivity contribution in [2.45, 2.75) is 26.8 Å². The molecule has 2 aromatic rings. The Morgan fingerprint density at radius 3 is 1.89 bits per heavy atom. The van der Waals surface area contributed by atoms with Gasteiger partial charge in [-0.05, 0) is 69.3 Å². The number of anilines is 2. The average molecular weight is 382 g/mol. The summed E-state index contributed by atoms with van der Waals surface area (Å²) in [5, 5.41) is 11.3. The van der Waals surface area contributed by atoms with Crippen LogP contribution < -0.4 is 21.3 Å². The number of benzene rings is 2. The minimum absolute atomic E-state index is 0.0630. The van der Waals surface area contributed by atoms with Gasteiger partial charge in [-0.2, -0.15) is 0 Å². The monoisotopic (exact) mass is 382 g/mol. The molecule has 0 heterocycles. The number of nitrogens with one attached hydrogen (secondary N) is 4. The molecule has 28 heavy (non-hydrogen) atoms. The molecule has 0 bridgehead atoms. The number of rotatable bonds is 8. The molecule has 0 unspecified atom stereocenters. The lowest BCUT2D eigenvalue weighted by Crippen LogP contribution is -2.30. The largest absolute Gasteiger partial charge is 0.376 e. The standard InChI is InChI=1S/C21H26N4O3/c1-4-22-20(27)15-5-9-17(10-6-15)23-13-19(26)25-18-11-7-16(8-12-18)21(28)24-14(2)3/h5-12,14,23H,4,13H2,1-3H3,(H,22,27)(H,24,28)(H,25,26). The third-order valence-electron chi connectivity index (χ3n) is 3.79. The highest BCUT2D eigenvalue weighted by Crippen LogP contribution is 2.11. The maximum Gasteiger partial charge on any atom is 0.251 e. The highest BCUT2D eigenvalue weighted by atomic mass is 16.2. The molecular weight excluding hydrogens is 356 g/mol. The first-order chi connectivity index (χ1) is 13.4. The van der Waals surface area contributed by atoms with E-state index in [4.69, 9.17) is 0 Å². The van der Waals surface area contributed by atoms with Gasteiger partial charge in [-0.3, -0.25) is 14.4 Å². The van der Waals surface area contributed by atoms with E-state index in [9.17, 15) is 14.4 Å². The van der Waals surface area contributed by atoms with Gasteiger partial charge in [-0.15, -0.1) is 0 Å². The number of amides is 3. The smallest absolute Gasteiger partial charge is 0.251 e. The van der Waals surface area contributed by atoms with Gasteiger partial charge < -0.3 is 21.3 Å². The Kier molecular flexibility index (Phi) is 7.56. The minimum Gasteiger partial charge on any atom is -0.376 e. The van der Waals surface area contributed by atoms with E-state index in [0.717, 1.165) is 5.69 Å². The van der Waals surface area contributed by atoms with Crippen LogP contribution in [0.4, 0.5) is 11.4 Å². The van der Waals surface area contributed by atoms with Crippen molar-refractivity contribution < 1.29 is 14.4 Å². The molecular formula is C21H26N4O3. The second kappa shape index (κ2) is 10.1. The second-order valence-electron chi connectivity index (χ2n) is 6.54. The Balaban J connectivity index is 1.84. The summed E-state index contributed by atoms with van der Waals surface area (Å²) < 4.78 is 0. The van der Waals surface area contributed by atoms with Crippen LogP contribution in [0.3, 0.4) is 0 Å². The van der Waals surface area contributed by atoms with E-state index in [0.29, 0.717) is 23.4 Å². The normalized spacial score (nSPS) is 10.3. The fourth-order valence-electron chi connectivity index (χ4n) is 2.44. The lowest BCUT2D eigenvalue weighted by atomic mass is 10.2. The molecule has 0 atom stereocenters. The predicted octanol–water partition coefficient (Wildman–Crippen LogP) is 2.63. The number of carbonyl (C=O) groups is 3. The lowest BCUT2D eigenvalue weighted by molar-refractivity contribution is -0.114. The average Bonchev–Trinajstić information content (AvgIpc) is 2.67. The van der Waals surface area contributed by atoms with Gasteiger partial charge in [0.05, 0.1) is 6.54 Å². The molecule has 148 valence electrons. The molecule has 0 saturated heterocycles.